The zero-order valence-electron chi connectivity index (χ0n) is 12.3. The summed E-state index contributed by atoms with van der Waals surface area (Å²) in [6.45, 7) is 6.64. The molecule has 4 heteroatoms. The summed E-state index contributed by atoms with van der Waals surface area (Å²) in [5.74, 6) is 0.158. The minimum atomic E-state index is -0.0192. The molecule has 0 aromatic carbocycles. The highest BCUT2D eigenvalue weighted by Crippen LogP contribution is 2.39. The lowest BCUT2D eigenvalue weighted by molar-refractivity contribution is -0.121. The number of nitrogens with one attached hydrogen (secondary N) is 1. The molecule has 1 aromatic rings. The third-order valence-electron chi connectivity index (χ3n) is 4.87. The molecule has 2 aliphatic heterocycles. The van der Waals surface area contributed by atoms with Crippen LogP contribution in [0, 0.1) is 0 Å². The molecule has 0 aliphatic carbocycles. The van der Waals surface area contributed by atoms with E-state index in [2.05, 4.69) is 29.0 Å². The van der Waals surface area contributed by atoms with Gasteiger partial charge in [0, 0.05) is 37.1 Å². The molecule has 2 fully saturated rings. The number of hydrogen-bond donors (Lipinski definition) is 1. The Bertz CT molecular complexity index is 478. The maximum absolute atomic E-state index is 12.3. The van der Waals surface area contributed by atoms with Crippen molar-refractivity contribution in [1.82, 2.24) is 15.2 Å². The fourth-order valence-corrected chi connectivity index (χ4v) is 3.53. The van der Waals surface area contributed by atoms with Gasteiger partial charge in [0.05, 0.1) is 5.92 Å². The van der Waals surface area contributed by atoms with Crippen molar-refractivity contribution in [2.24, 2.45) is 0 Å². The van der Waals surface area contributed by atoms with Gasteiger partial charge in [-0.05, 0) is 44.7 Å². The van der Waals surface area contributed by atoms with Crippen LogP contribution in [-0.2, 0) is 4.79 Å². The Morgan fingerprint density at radius 2 is 2.15 bits per heavy atom. The van der Waals surface area contributed by atoms with Gasteiger partial charge in [-0.2, -0.15) is 0 Å². The number of piperidine rings is 1. The van der Waals surface area contributed by atoms with Gasteiger partial charge in [-0.3, -0.25) is 9.78 Å². The van der Waals surface area contributed by atoms with Gasteiger partial charge in [0.1, 0.15) is 0 Å². The van der Waals surface area contributed by atoms with Crippen LogP contribution < -0.4 is 5.32 Å². The van der Waals surface area contributed by atoms with Crippen molar-refractivity contribution in [1.29, 1.82) is 0 Å². The predicted octanol–water partition coefficient (Wildman–Crippen LogP) is 1.93. The molecule has 1 amide bonds. The highest BCUT2D eigenvalue weighted by atomic mass is 16.2. The summed E-state index contributed by atoms with van der Waals surface area (Å²) in [5.41, 5.74) is 1.07. The molecule has 0 unspecified atom stereocenters. The Balaban J connectivity index is 1.71. The fourth-order valence-electron chi connectivity index (χ4n) is 3.53. The summed E-state index contributed by atoms with van der Waals surface area (Å²) in [6.07, 6.45) is 6.63. The fraction of sp³-hybridized carbons (Fsp3) is 0.625. The molecule has 4 nitrogen and oxygen atoms in total. The molecule has 1 atom stereocenters. The lowest BCUT2D eigenvalue weighted by Crippen LogP contribution is -2.52. The number of aromatic nitrogens is 1. The highest BCUT2D eigenvalue weighted by Gasteiger charge is 2.46. The average molecular weight is 273 g/mol. The first-order valence-corrected chi connectivity index (χ1v) is 7.56. The Kier molecular flexibility index (Phi) is 3.50. The molecule has 0 bridgehead atoms. The second-order valence-corrected chi connectivity index (χ2v) is 6.44. The second-order valence-electron chi connectivity index (χ2n) is 6.44. The smallest absolute Gasteiger partial charge is 0.228 e. The van der Waals surface area contributed by atoms with Crippen molar-refractivity contribution < 1.29 is 4.79 Å². The number of carbonyl (C=O) groups is 1. The van der Waals surface area contributed by atoms with Crippen molar-refractivity contribution in [2.45, 2.75) is 50.6 Å². The molecule has 108 valence electrons. The minimum Gasteiger partial charge on any atom is -0.350 e. The number of hydrogen-bond acceptors (Lipinski definition) is 3. The lowest BCUT2D eigenvalue weighted by atomic mass is 9.82. The Morgan fingerprint density at radius 3 is 2.75 bits per heavy atom. The average Bonchev–Trinajstić information content (AvgIpc) is 2.77. The van der Waals surface area contributed by atoms with Crippen LogP contribution in [0.1, 0.15) is 44.6 Å². The topological polar surface area (TPSA) is 45.2 Å². The van der Waals surface area contributed by atoms with Crippen molar-refractivity contribution >= 4 is 5.91 Å². The summed E-state index contributed by atoms with van der Waals surface area (Å²) in [5, 5.41) is 3.28. The van der Waals surface area contributed by atoms with Crippen molar-refractivity contribution in [3.8, 4) is 0 Å². The molecular weight excluding hydrogens is 250 g/mol. The first-order valence-electron chi connectivity index (χ1n) is 7.56. The van der Waals surface area contributed by atoms with Crippen molar-refractivity contribution in [2.75, 3.05) is 13.1 Å². The monoisotopic (exact) mass is 273 g/mol. The number of nitrogens with zero attached hydrogens (tertiary/aromatic N) is 2. The molecule has 2 aliphatic rings. The quantitative estimate of drug-likeness (QED) is 0.895. The summed E-state index contributed by atoms with van der Waals surface area (Å²) in [7, 11) is 0. The SMILES string of the molecule is CC(C)N1CCC2(CC1)C[C@@H](c1cccnc1)C(=O)N2. The van der Waals surface area contributed by atoms with E-state index in [0.29, 0.717) is 6.04 Å². The zero-order chi connectivity index (χ0) is 14.2. The van der Waals surface area contributed by atoms with E-state index in [-0.39, 0.29) is 17.4 Å². The van der Waals surface area contributed by atoms with Crippen LogP contribution in [0.5, 0.6) is 0 Å². The number of rotatable bonds is 2. The lowest BCUT2D eigenvalue weighted by Gasteiger charge is -2.41. The zero-order valence-corrected chi connectivity index (χ0v) is 12.3. The number of pyridine rings is 1. The van der Waals surface area contributed by atoms with Crippen LogP contribution in [0.3, 0.4) is 0 Å². The van der Waals surface area contributed by atoms with E-state index in [1.807, 2.05) is 18.3 Å². The van der Waals surface area contributed by atoms with E-state index >= 15 is 0 Å². The molecule has 3 heterocycles. The van der Waals surface area contributed by atoms with Gasteiger partial charge in [-0.1, -0.05) is 6.07 Å². The van der Waals surface area contributed by atoms with E-state index in [0.717, 1.165) is 37.9 Å². The van der Waals surface area contributed by atoms with Crippen LogP contribution in [0.15, 0.2) is 24.5 Å². The van der Waals surface area contributed by atoms with Crippen LogP contribution in [-0.4, -0.2) is 40.5 Å². The maximum Gasteiger partial charge on any atom is 0.228 e. The third kappa shape index (κ3) is 2.44. The van der Waals surface area contributed by atoms with Crippen LogP contribution in [0.2, 0.25) is 0 Å². The van der Waals surface area contributed by atoms with Crippen LogP contribution >= 0.6 is 0 Å². The molecule has 2 saturated heterocycles. The van der Waals surface area contributed by atoms with Gasteiger partial charge in [0.15, 0.2) is 0 Å². The van der Waals surface area contributed by atoms with E-state index in [1.54, 1.807) is 6.20 Å². The van der Waals surface area contributed by atoms with Crippen molar-refractivity contribution in [3.05, 3.63) is 30.1 Å². The summed E-state index contributed by atoms with van der Waals surface area (Å²) >= 11 is 0. The molecular formula is C16H23N3O. The van der Waals surface area contributed by atoms with Gasteiger partial charge in [-0.15, -0.1) is 0 Å². The Hall–Kier alpha value is -1.42. The summed E-state index contributed by atoms with van der Waals surface area (Å²) in [6, 6.07) is 4.52. The Labute approximate surface area is 120 Å². The second kappa shape index (κ2) is 5.17. The van der Waals surface area contributed by atoms with Gasteiger partial charge in [0.2, 0.25) is 5.91 Å². The highest BCUT2D eigenvalue weighted by molar-refractivity contribution is 5.87. The number of amides is 1. The molecule has 1 aromatic heterocycles. The first-order chi connectivity index (χ1) is 9.60. The van der Waals surface area contributed by atoms with Crippen LogP contribution in [0.4, 0.5) is 0 Å². The third-order valence-corrected chi connectivity index (χ3v) is 4.87. The van der Waals surface area contributed by atoms with Gasteiger partial charge in [0.25, 0.3) is 0 Å². The molecule has 0 saturated carbocycles. The normalized spacial score (nSPS) is 26.1. The van der Waals surface area contributed by atoms with Gasteiger partial charge < -0.3 is 10.2 Å². The largest absolute Gasteiger partial charge is 0.350 e. The van der Waals surface area contributed by atoms with Crippen molar-refractivity contribution in [3.63, 3.8) is 0 Å². The number of likely N-dealkylation sites (tertiary alicyclic amines) is 1. The Morgan fingerprint density at radius 1 is 1.40 bits per heavy atom. The number of carbonyl (C=O) groups excluding carboxylic acids is 1. The van der Waals surface area contributed by atoms with E-state index in [9.17, 15) is 4.79 Å². The van der Waals surface area contributed by atoms with E-state index in [1.165, 1.54) is 0 Å². The summed E-state index contributed by atoms with van der Waals surface area (Å²) in [4.78, 5) is 19.0. The van der Waals surface area contributed by atoms with Crippen LogP contribution in [0.25, 0.3) is 0 Å². The van der Waals surface area contributed by atoms with Gasteiger partial charge in [-0.25, -0.2) is 0 Å². The van der Waals surface area contributed by atoms with E-state index < -0.39 is 0 Å². The minimum absolute atomic E-state index is 0.0168. The van der Waals surface area contributed by atoms with Gasteiger partial charge >= 0.3 is 0 Å². The first kappa shape index (κ1) is 13.6. The standard InChI is InChI=1S/C16H23N3O/c1-12(2)19-8-5-16(6-9-19)10-14(15(20)18-16)13-4-3-7-17-11-13/h3-4,7,11-12,14H,5-6,8-10H2,1-2H3,(H,18,20)/t14-/m0/s1. The summed E-state index contributed by atoms with van der Waals surface area (Å²) < 4.78 is 0. The molecule has 1 spiro atoms. The molecule has 20 heavy (non-hydrogen) atoms. The van der Waals surface area contributed by atoms with E-state index in [4.69, 9.17) is 0 Å². The molecule has 3 rings (SSSR count). The predicted molar refractivity (Wildman–Crippen MR) is 78.4 cm³/mol. The molecule has 1 N–H and O–H groups in total. The molecule has 0 radical (unpaired) electrons. The maximum atomic E-state index is 12.3.